The summed E-state index contributed by atoms with van der Waals surface area (Å²) in [6, 6.07) is -1.23. The maximum Gasteiger partial charge on any atom is 0.267 e. The number of amides is 1. The van der Waals surface area contributed by atoms with Gasteiger partial charge in [-0.05, 0) is 44.9 Å². The fraction of sp³-hybridized carbons (Fsp3) is 0.844. The SMILES string of the molecule is CCCCCC/C=C/C(O)C(CS(=O)(=O)O)NC(=O)C(O)CCCCCC/C=C\CCCCCCCCCCC. The Morgan fingerprint density at radius 2 is 1.10 bits per heavy atom. The molecule has 0 aliphatic rings. The summed E-state index contributed by atoms with van der Waals surface area (Å²) in [6.45, 7) is 4.37. The van der Waals surface area contributed by atoms with E-state index in [0.29, 0.717) is 6.42 Å². The molecule has 0 saturated carbocycles. The van der Waals surface area contributed by atoms with E-state index in [1.807, 2.05) is 0 Å². The van der Waals surface area contributed by atoms with E-state index in [1.54, 1.807) is 6.08 Å². The summed E-state index contributed by atoms with van der Waals surface area (Å²) in [5.74, 6) is -1.55. The Labute approximate surface area is 246 Å². The first-order valence-corrected chi connectivity index (χ1v) is 17.8. The van der Waals surface area contributed by atoms with E-state index in [0.717, 1.165) is 64.2 Å². The van der Waals surface area contributed by atoms with Crippen LogP contribution in [0.4, 0.5) is 0 Å². The van der Waals surface area contributed by atoms with Crippen LogP contribution in [0.5, 0.6) is 0 Å². The van der Waals surface area contributed by atoms with Crippen LogP contribution in [0.3, 0.4) is 0 Å². The standard InChI is InChI=1S/C32H61NO6S/c1-3-5-7-9-11-12-13-14-15-16-17-18-19-20-21-23-25-27-31(35)32(36)33-29(28-40(37,38)39)30(34)26-24-22-10-8-6-4-2/h17-18,24,26,29-31,34-35H,3-16,19-23,25,27-28H2,1-2H3,(H,33,36)(H,37,38,39)/b18-17-,26-24+. The van der Waals surface area contributed by atoms with Crippen molar-refractivity contribution >= 4 is 16.0 Å². The molecule has 0 aromatic heterocycles. The second-order valence-corrected chi connectivity index (χ2v) is 12.7. The first-order chi connectivity index (χ1) is 19.2. The summed E-state index contributed by atoms with van der Waals surface area (Å²) in [5.41, 5.74) is 0. The molecule has 0 bridgehead atoms. The average Bonchev–Trinajstić information content (AvgIpc) is 2.90. The van der Waals surface area contributed by atoms with E-state index in [1.165, 1.54) is 63.9 Å². The highest BCUT2D eigenvalue weighted by atomic mass is 32.2. The van der Waals surface area contributed by atoms with Crippen molar-refractivity contribution in [3.8, 4) is 0 Å². The van der Waals surface area contributed by atoms with E-state index in [4.69, 9.17) is 0 Å². The normalized spacial score (nSPS) is 14.6. The summed E-state index contributed by atoms with van der Waals surface area (Å²) in [7, 11) is -4.42. The molecule has 0 aliphatic heterocycles. The lowest BCUT2D eigenvalue weighted by Gasteiger charge is -2.22. The number of unbranched alkanes of at least 4 members (excludes halogenated alkanes) is 17. The lowest BCUT2D eigenvalue weighted by atomic mass is 10.1. The highest BCUT2D eigenvalue weighted by Gasteiger charge is 2.27. The molecule has 1 amide bonds. The van der Waals surface area contributed by atoms with E-state index in [2.05, 4.69) is 31.3 Å². The predicted molar refractivity (Wildman–Crippen MR) is 167 cm³/mol. The van der Waals surface area contributed by atoms with Crippen molar-refractivity contribution < 1.29 is 28.0 Å². The van der Waals surface area contributed by atoms with Gasteiger partial charge in [0.1, 0.15) is 6.10 Å². The largest absolute Gasteiger partial charge is 0.387 e. The molecular formula is C32H61NO6S. The van der Waals surface area contributed by atoms with Gasteiger partial charge in [0, 0.05) is 0 Å². The molecule has 3 atom stereocenters. The molecule has 0 aromatic carbocycles. The smallest absolute Gasteiger partial charge is 0.267 e. The number of rotatable bonds is 28. The van der Waals surface area contributed by atoms with Gasteiger partial charge in [-0.25, -0.2) is 0 Å². The van der Waals surface area contributed by atoms with E-state index in [-0.39, 0.29) is 6.42 Å². The van der Waals surface area contributed by atoms with Crippen molar-refractivity contribution in [1.29, 1.82) is 0 Å². The number of carbonyl (C=O) groups excluding carboxylic acids is 1. The molecule has 0 aromatic rings. The zero-order valence-corrected chi connectivity index (χ0v) is 26.4. The van der Waals surface area contributed by atoms with Gasteiger partial charge in [-0.3, -0.25) is 9.35 Å². The fourth-order valence-electron chi connectivity index (χ4n) is 4.68. The van der Waals surface area contributed by atoms with Gasteiger partial charge in [-0.2, -0.15) is 8.42 Å². The number of hydrogen-bond donors (Lipinski definition) is 4. The molecule has 0 fully saturated rings. The Bertz CT molecular complexity index is 753. The van der Waals surface area contributed by atoms with Crippen LogP contribution in [0.15, 0.2) is 24.3 Å². The Hall–Kier alpha value is -1.22. The van der Waals surface area contributed by atoms with Gasteiger partial charge in [-0.1, -0.05) is 128 Å². The maximum absolute atomic E-state index is 12.4. The van der Waals surface area contributed by atoms with E-state index < -0.39 is 40.0 Å². The van der Waals surface area contributed by atoms with Crippen LogP contribution in [0.2, 0.25) is 0 Å². The van der Waals surface area contributed by atoms with E-state index >= 15 is 0 Å². The Balaban J connectivity index is 4.06. The summed E-state index contributed by atoms with van der Waals surface area (Å²) < 4.78 is 32.0. The summed E-state index contributed by atoms with van der Waals surface area (Å²) in [4.78, 5) is 12.4. The Kier molecular flexibility index (Phi) is 25.9. The number of aliphatic hydroxyl groups excluding tert-OH is 2. The Morgan fingerprint density at radius 3 is 1.60 bits per heavy atom. The average molecular weight is 588 g/mol. The van der Waals surface area contributed by atoms with Crippen molar-refractivity contribution in [3.05, 3.63) is 24.3 Å². The minimum Gasteiger partial charge on any atom is -0.387 e. The second-order valence-electron chi connectivity index (χ2n) is 11.2. The van der Waals surface area contributed by atoms with Crippen LogP contribution in [0, 0.1) is 0 Å². The third kappa shape index (κ3) is 25.7. The third-order valence-corrected chi connectivity index (χ3v) is 8.01. The monoisotopic (exact) mass is 587 g/mol. The molecule has 0 aliphatic carbocycles. The first-order valence-electron chi connectivity index (χ1n) is 16.1. The van der Waals surface area contributed by atoms with E-state index in [9.17, 15) is 28.0 Å². The number of carbonyl (C=O) groups is 1. The van der Waals surface area contributed by atoms with Crippen LogP contribution in [0.1, 0.15) is 149 Å². The number of nitrogens with one attached hydrogen (secondary N) is 1. The molecule has 0 rings (SSSR count). The molecule has 0 heterocycles. The van der Waals surface area contributed by atoms with Crippen molar-refractivity contribution in [2.75, 3.05) is 5.75 Å². The van der Waals surface area contributed by atoms with Gasteiger partial charge in [0.15, 0.2) is 0 Å². The zero-order chi connectivity index (χ0) is 29.9. The lowest BCUT2D eigenvalue weighted by molar-refractivity contribution is -0.130. The molecule has 7 nitrogen and oxygen atoms in total. The molecular weight excluding hydrogens is 526 g/mol. The zero-order valence-electron chi connectivity index (χ0n) is 25.6. The predicted octanol–water partition coefficient (Wildman–Crippen LogP) is 7.43. The highest BCUT2D eigenvalue weighted by Crippen LogP contribution is 2.12. The van der Waals surface area contributed by atoms with Crippen molar-refractivity contribution in [1.82, 2.24) is 5.32 Å². The van der Waals surface area contributed by atoms with Crippen molar-refractivity contribution in [2.24, 2.45) is 0 Å². The molecule has 3 unspecified atom stereocenters. The molecule has 8 heteroatoms. The van der Waals surface area contributed by atoms with Crippen LogP contribution in [-0.4, -0.2) is 53.1 Å². The van der Waals surface area contributed by atoms with Gasteiger partial charge in [0.2, 0.25) is 5.91 Å². The number of allylic oxidation sites excluding steroid dienone is 3. The van der Waals surface area contributed by atoms with Crippen molar-refractivity contribution in [2.45, 2.75) is 167 Å². The fourth-order valence-corrected chi connectivity index (χ4v) is 5.42. The number of hydrogen-bond acceptors (Lipinski definition) is 5. The van der Waals surface area contributed by atoms with Gasteiger partial charge in [0.05, 0.1) is 17.9 Å². The van der Waals surface area contributed by atoms with Gasteiger partial charge < -0.3 is 15.5 Å². The molecule has 0 saturated heterocycles. The molecule has 236 valence electrons. The van der Waals surface area contributed by atoms with Gasteiger partial charge in [-0.15, -0.1) is 0 Å². The molecule has 0 spiro atoms. The first kappa shape index (κ1) is 38.8. The summed E-state index contributed by atoms with van der Waals surface area (Å²) in [5, 5.41) is 23.0. The van der Waals surface area contributed by atoms with Crippen molar-refractivity contribution in [3.63, 3.8) is 0 Å². The maximum atomic E-state index is 12.4. The third-order valence-electron chi connectivity index (χ3n) is 7.23. The van der Waals surface area contributed by atoms with Gasteiger partial charge in [0.25, 0.3) is 10.1 Å². The van der Waals surface area contributed by atoms with Crippen LogP contribution in [-0.2, 0) is 14.9 Å². The number of aliphatic hydroxyl groups is 2. The second kappa shape index (κ2) is 26.7. The van der Waals surface area contributed by atoms with Crippen LogP contribution in [0.25, 0.3) is 0 Å². The molecule has 0 radical (unpaired) electrons. The summed E-state index contributed by atoms with van der Waals surface area (Å²) in [6.07, 6.45) is 28.5. The minimum absolute atomic E-state index is 0.266. The topological polar surface area (TPSA) is 124 Å². The molecule has 40 heavy (non-hydrogen) atoms. The Morgan fingerprint density at radius 1 is 0.675 bits per heavy atom. The lowest BCUT2D eigenvalue weighted by Crippen LogP contribution is -2.50. The molecule has 4 N–H and O–H groups in total. The summed E-state index contributed by atoms with van der Waals surface area (Å²) >= 11 is 0. The van der Waals surface area contributed by atoms with Gasteiger partial charge >= 0.3 is 0 Å². The van der Waals surface area contributed by atoms with Crippen LogP contribution < -0.4 is 5.32 Å². The van der Waals surface area contributed by atoms with Crippen LogP contribution >= 0.6 is 0 Å². The minimum atomic E-state index is -4.42. The highest BCUT2D eigenvalue weighted by molar-refractivity contribution is 7.85. The quantitative estimate of drug-likeness (QED) is 0.0429.